The van der Waals surface area contributed by atoms with Crippen LogP contribution in [0.15, 0.2) is 18.2 Å². The lowest BCUT2D eigenvalue weighted by Crippen LogP contribution is -2.38. The molecule has 0 saturated carbocycles. The van der Waals surface area contributed by atoms with Crippen molar-refractivity contribution < 1.29 is 14.3 Å². The summed E-state index contributed by atoms with van der Waals surface area (Å²) in [6, 6.07) is 6.06. The molecule has 0 spiro atoms. The van der Waals surface area contributed by atoms with E-state index in [0.29, 0.717) is 6.54 Å². The molecule has 1 amide bonds. The van der Waals surface area contributed by atoms with Gasteiger partial charge in [0.1, 0.15) is 5.75 Å². The number of nitrogens with one attached hydrogen (secondary N) is 1. The molecule has 2 rings (SSSR count). The Morgan fingerprint density at radius 3 is 3.00 bits per heavy atom. The Labute approximate surface area is 119 Å². The summed E-state index contributed by atoms with van der Waals surface area (Å²) < 4.78 is 10.4. The summed E-state index contributed by atoms with van der Waals surface area (Å²) >= 11 is 0. The van der Waals surface area contributed by atoms with Gasteiger partial charge in [-0.25, -0.2) is 0 Å². The van der Waals surface area contributed by atoms with Gasteiger partial charge in [0.05, 0.1) is 12.3 Å². The number of likely N-dealkylation sites (N-methyl/N-ethyl adjacent to an activating group) is 1. The van der Waals surface area contributed by atoms with E-state index in [1.54, 1.807) is 12.0 Å². The van der Waals surface area contributed by atoms with Gasteiger partial charge in [0, 0.05) is 20.2 Å². The predicted octanol–water partition coefficient (Wildman–Crippen LogP) is 1.21. The molecule has 5 nitrogen and oxygen atoms in total. The van der Waals surface area contributed by atoms with Gasteiger partial charge >= 0.3 is 0 Å². The molecule has 1 aromatic carbocycles. The van der Waals surface area contributed by atoms with Crippen LogP contribution in [0.5, 0.6) is 5.75 Å². The molecule has 0 radical (unpaired) electrons. The maximum atomic E-state index is 11.8. The number of methoxy groups -OCH3 is 1. The summed E-state index contributed by atoms with van der Waals surface area (Å²) in [6.07, 6.45) is 0.919. The number of rotatable bonds is 7. The summed E-state index contributed by atoms with van der Waals surface area (Å²) in [7, 11) is 1.70. The summed E-state index contributed by atoms with van der Waals surface area (Å²) in [5, 5.41) is 3.31. The van der Waals surface area contributed by atoms with Gasteiger partial charge in [-0.3, -0.25) is 4.79 Å². The molecule has 1 heterocycles. The molecule has 20 heavy (non-hydrogen) atoms. The molecule has 0 saturated heterocycles. The first kappa shape index (κ1) is 14.8. The zero-order valence-corrected chi connectivity index (χ0v) is 12.1. The maximum Gasteiger partial charge on any atom is 0.265 e. The average molecular weight is 278 g/mol. The number of anilines is 1. The first-order chi connectivity index (χ1) is 9.76. The fraction of sp³-hybridized carbons (Fsp3) is 0.533. The van der Waals surface area contributed by atoms with Crippen LogP contribution in [0.4, 0.5) is 5.69 Å². The number of hydrogen-bond donors (Lipinski definition) is 1. The third-order valence-corrected chi connectivity index (χ3v) is 3.36. The van der Waals surface area contributed by atoms with Crippen LogP contribution in [0.3, 0.4) is 0 Å². The standard InChI is InChI=1S/C15H22N2O3/c1-3-17-13-10-12(6-7-16-8-9-19-2)4-5-14(13)20-11-15(17)18/h4-5,10,16H,3,6-9,11H2,1-2H3. The largest absolute Gasteiger partial charge is 0.482 e. The minimum Gasteiger partial charge on any atom is -0.482 e. The summed E-state index contributed by atoms with van der Waals surface area (Å²) in [4.78, 5) is 13.6. The predicted molar refractivity (Wildman–Crippen MR) is 78.4 cm³/mol. The molecular weight excluding hydrogens is 256 g/mol. The molecule has 1 aliphatic heterocycles. The number of benzene rings is 1. The lowest BCUT2D eigenvalue weighted by Gasteiger charge is -2.28. The highest BCUT2D eigenvalue weighted by Crippen LogP contribution is 2.32. The zero-order chi connectivity index (χ0) is 14.4. The van der Waals surface area contributed by atoms with Gasteiger partial charge in [-0.15, -0.1) is 0 Å². The molecule has 0 unspecified atom stereocenters. The lowest BCUT2D eigenvalue weighted by molar-refractivity contribution is -0.121. The minimum atomic E-state index is 0.0235. The van der Waals surface area contributed by atoms with E-state index in [0.717, 1.165) is 37.6 Å². The monoisotopic (exact) mass is 278 g/mol. The third kappa shape index (κ3) is 3.49. The van der Waals surface area contributed by atoms with Crippen molar-refractivity contribution in [3.63, 3.8) is 0 Å². The van der Waals surface area contributed by atoms with E-state index in [2.05, 4.69) is 11.4 Å². The quantitative estimate of drug-likeness (QED) is 0.762. The number of carbonyl (C=O) groups is 1. The van der Waals surface area contributed by atoms with E-state index in [-0.39, 0.29) is 12.5 Å². The normalized spacial score (nSPS) is 14.1. The van der Waals surface area contributed by atoms with Crippen molar-refractivity contribution in [2.75, 3.05) is 44.9 Å². The SMILES string of the molecule is CCN1C(=O)COc2ccc(CCNCCOC)cc21. The molecule has 110 valence electrons. The Hall–Kier alpha value is -1.59. The van der Waals surface area contributed by atoms with E-state index < -0.39 is 0 Å². The Balaban J connectivity index is 1.99. The molecule has 5 heteroatoms. The van der Waals surface area contributed by atoms with E-state index >= 15 is 0 Å². The number of carbonyl (C=O) groups excluding carboxylic acids is 1. The third-order valence-electron chi connectivity index (χ3n) is 3.36. The van der Waals surface area contributed by atoms with Crippen LogP contribution in [0.1, 0.15) is 12.5 Å². The van der Waals surface area contributed by atoms with Gasteiger partial charge in [-0.1, -0.05) is 6.07 Å². The van der Waals surface area contributed by atoms with E-state index in [4.69, 9.17) is 9.47 Å². The molecule has 1 N–H and O–H groups in total. The topological polar surface area (TPSA) is 50.8 Å². The summed E-state index contributed by atoms with van der Waals surface area (Å²) in [5.41, 5.74) is 2.09. The fourth-order valence-corrected chi connectivity index (χ4v) is 2.28. The van der Waals surface area contributed by atoms with Crippen LogP contribution in [0.25, 0.3) is 0 Å². The van der Waals surface area contributed by atoms with Crippen molar-refractivity contribution in [2.24, 2.45) is 0 Å². The lowest BCUT2D eigenvalue weighted by atomic mass is 10.1. The van der Waals surface area contributed by atoms with E-state index in [9.17, 15) is 4.79 Å². The van der Waals surface area contributed by atoms with E-state index in [1.807, 2.05) is 19.1 Å². The van der Waals surface area contributed by atoms with E-state index in [1.165, 1.54) is 5.56 Å². The second-order valence-corrected chi connectivity index (χ2v) is 4.72. The smallest absolute Gasteiger partial charge is 0.265 e. The molecule has 0 bridgehead atoms. The highest BCUT2D eigenvalue weighted by Gasteiger charge is 2.24. The van der Waals surface area contributed by atoms with Crippen molar-refractivity contribution in [3.8, 4) is 5.75 Å². The Bertz CT molecular complexity index is 462. The summed E-state index contributed by atoms with van der Waals surface area (Å²) in [5.74, 6) is 0.818. The minimum absolute atomic E-state index is 0.0235. The molecule has 1 aromatic rings. The van der Waals surface area contributed by atoms with Crippen molar-refractivity contribution in [3.05, 3.63) is 23.8 Å². The molecule has 0 aromatic heterocycles. The van der Waals surface area contributed by atoms with Gasteiger partial charge in [0.15, 0.2) is 6.61 Å². The van der Waals surface area contributed by atoms with Crippen LogP contribution >= 0.6 is 0 Å². The number of ether oxygens (including phenoxy) is 2. The van der Waals surface area contributed by atoms with Crippen molar-refractivity contribution in [1.82, 2.24) is 5.32 Å². The van der Waals surface area contributed by atoms with Crippen LogP contribution < -0.4 is 15.0 Å². The van der Waals surface area contributed by atoms with Gasteiger partial charge < -0.3 is 19.7 Å². The zero-order valence-electron chi connectivity index (χ0n) is 12.1. The first-order valence-electron chi connectivity index (χ1n) is 7.02. The average Bonchev–Trinajstić information content (AvgIpc) is 2.47. The number of amides is 1. The van der Waals surface area contributed by atoms with Crippen molar-refractivity contribution in [2.45, 2.75) is 13.3 Å². The number of fused-ring (bicyclic) bond motifs is 1. The van der Waals surface area contributed by atoms with Crippen LogP contribution in [0, 0.1) is 0 Å². The fourth-order valence-electron chi connectivity index (χ4n) is 2.28. The van der Waals surface area contributed by atoms with Crippen LogP contribution in [-0.4, -0.2) is 45.9 Å². The second-order valence-electron chi connectivity index (χ2n) is 4.72. The molecule has 0 fully saturated rings. The number of hydrogen-bond acceptors (Lipinski definition) is 4. The van der Waals surface area contributed by atoms with Gasteiger partial charge in [-0.05, 0) is 37.6 Å². The molecular formula is C15H22N2O3. The van der Waals surface area contributed by atoms with Gasteiger partial charge in [-0.2, -0.15) is 0 Å². The highest BCUT2D eigenvalue weighted by atomic mass is 16.5. The van der Waals surface area contributed by atoms with Crippen LogP contribution in [-0.2, 0) is 16.0 Å². The molecule has 0 atom stereocenters. The molecule has 1 aliphatic rings. The molecule has 0 aliphatic carbocycles. The van der Waals surface area contributed by atoms with Gasteiger partial charge in [0.2, 0.25) is 0 Å². The second kappa shape index (κ2) is 7.26. The Kier molecular flexibility index (Phi) is 5.38. The first-order valence-corrected chi connectivity index (χ1v) is 7.02. The maximum absolute atomic E-state index is 11.8. The van der Waals surface area contributed by atoms with Gasteiger partial charge in [0.25, 0.3) is 5.91 Å². The Morgan fingerprint density at radius 2 is 2.25 bits per heavy atom. The summed E-state index contributed by atoms with van der Waals surface area (Å²) in [6.45, 7) is 5.25. The Morgan fingerprint density at radius 1 is 1.40 bits per heavy atom. The van der Waals surface area contributed by atoms with Crippen LogP contribution in [0.2, 0.25) is 0 Å². The highest BCUT2D eigenvalue weighted by molar-refractivity contribution is 5.97. The van der Waals surface area contributed by atoms with Crippen molar-refractivity contribution >= 4 is 11.6 Å². The number of nitrogens with zero attached hydrogens (tertiary/aromatic N) is 1. The van der Waals surface area contributed by atoms with Crippen molar-refractivity contribution in [1.29, 1.82) is 0 Å².